The van der Waals surface area contributed by atoms with Crippen LogP contribution in [0, 0.1) is 0 Å². The van der Waals surface area contributed by atoms with Crippen LogP contribution in [0.4, 0.5) is 0 Å². The van der Waals surface area contributed by atoms with Crippen molar-refractivity contribution in [2.75, 3.05) is 26.2 Å². The van der Waals surface area contributed by atoms with Gasteiger partial charge in [0.05, 0.1) is 0 Å². The molecule has 0 aliphatic heterocycles. The van der Waals surface area contributed by atoms with E-state index in [4.69, 9.17) is 0 Å². The van der Waals surface area contributed by atoms with Crippen LogP contribution in [-0.2, 0) is 0 Å². The second kappa shape index (κ2) is 19.7. The fourth-order valence-electron chi connectivity index (χ4n) is 2.34. The minimum Gasteiger partial charge on any atom is -0.317 e. The van der Waals surface area contributed by atoms with Crippen molar-refractivity contribution in [2.24, 2.45) is 0 Å². The van der Waals surface area contributed by atoms with Crippen molar-refractivity contribution in [3.63, 3.8) is 0 Å². The van der Waals surface area contributed by atoms with Crippen LogP contribution in [0.5, 0.6) is 0 Å². The summed E-state index contributed by atoms with van der Waals surface area (Å²) < 4.78 is 0. The minimum absolute atomic E-state index is 1.16. The second-order valence-electron chi connectivity index (χ2n) is 6.02. The molecule has 0 rings (SSSR count). The van der Waals surface area contributed by atoms with Crippen LogP contribution in [0.3, 0.4) is 0 Å². The highest BCUT2D eigenvalue weighted by molar-refractivity contribution is 4.81. The molecule has 21 heavy (non-hydrogen) atoms. The Hall–Kier alpha value is -0.340. The average Bonchev–Trinajstić information content (AvgIpc) is 2.50. The molecule has 126 valence electrons. The van der Waals surface area contributed by atoms with Crippen LogP contribution >= 0.6 is 0 Å². The van der Waals surface area contributed by atoms with Gasteiger partial charge in [0.2, 0.25) is 0 Å². The quantitative estimate of drug-likeness (QED) is 0.290. The molecule has 0 aliphatic carbocycles. The Morgan fingerprint density at radius 3 is 1.67 bits per heavy atom. The number of hydrogen-bond donors (Lipinski definition) is 2. The Labute approximate surface area is 134 Å². The topological polar surface area (TPSA) is 24.1 Å². The van der Waals surface area contributed by atoms with Gasteiger partial charge in [-0.05, 0) is 64.7 Å². The van der Waals surface area contributed by atoms with Crippen LogP contribution in [0.1, 0.15) is 84.5 Å². The van der Waals surface area contributed by atoms with Crippen LogP contribution < -0.4 is 10.6 Å². The molecule has 0 spiro atoms. The maximum absolute atomic E-state index is 3.54. The molecule has 0 radical (unpaired) electrons. The summed E-state index contributed by atoms with van der Waals surface area (Å²) in [6.07, 6.45) is 19.2. The Balaban J connectivity index is 2.98. The van der Waals surface area contributed by atoms with Gasteiger partial charge in [-0.2, -0.15) is 0 Å². The van der Waals surface area contributed by atoms with Crippen LogP contribution in [0.2, 0.25) is 0 Å². The highest BCUT2D eigenvalue weighted by atomic mass is 14.9. The molecule has 0 aromatic carbocycles. The number of hydrogen-bond acceptors (Lipinski definition) is 2. The van der Waals surface area contributed by atoms with Gasteiger partial charge in [0, 0.05) is 0 Å². The first-order valence-corrected chi connectivity index (χ1v) is 9.48. The van der Waals surface area contributed by atoms with Gasteiger partial charge >= 0.3 is 0 Å². The molecule has 0 atom stereocenters. The third-order valence-corrected chi connectivity index (χ3v) is 3.78. The highest BCUT2D eigenvalue weighted by Crippen LogP contribution is 2.00. The summed E-state index contributed by atoms with van der Waals surface area (Å²) in [6, 6.07) is 0. The molecule has 0 fully saturated rings. The summed E-state index contributed by atoms with van der Waals surface area (Å²) in [4.78, 5) is 0. The lowest BCUT2D eigenvalue weighted by atomic mass is 10.2. The predicted octanol–water partition coefficient (Wildman–Crippen LogP) is 5.05. The second-order valence-corrected chi connectivity index (χ2v) is 6.02. The summed E-state index contributed by atoms with van der Waals surface area (Å²) in [6.45, 7) is 9.22. The van der Waals surface area contributed by atoms with Crippen molar-refractivity contribution < 1.29 is 0 Å². The zero-order valence-electron chi connectivity index (χ0n) is 14.8. The Morgan fingerprint density at radius 2 is 1.05 bits per heavy atom. The van der Waals surface area contributed by atoms with Crippen molar-refractivity contribution in [3.8, 4) is 0 Å². The van der Waals surface area contributed by atoms with E-state index < -0.39 is 0 Å². The molecule has 0 aromatic rings. The lowest BCUT2D eigenvalue weighted by molar-refractivity contribution is 0.556. The summed E-state index contributed by atoms with van der Waals surface area (Å²) in [5.74, 6) is 0. The van der Waals surface area contributed by atoms with E-state index in [1.807, 2.05) is 0 Å². The van der Waals surface area contributed by atoms with Gasteiger partial charge in [-0.15, -0.1) is 0 Å². The molecule has 0 unspecified atom stereocenters. The van der Waals surface area contributed by atoms with Crippen molar-refractivity contribution in [1.82, 2.24) is 10.6 Å². The largest absolute Gasteiger partial charge is 0.317 e. The maximum Gasteiger partial charge on any atom is -0.00368 e. The molecule has 0 amide bonds. The lowest BCUT2D eigenvalue weighted by Gasteiger charge is -2.06. The first-order chi connectivity index (χ1) is 10.4. The van der Waals surface area contributed by atoms with E-state index in [9.17, 15) is 0 Å². The molecule has 0 heterocycles. The van der Waals surface area contributed by atoms with Crippen molar-refractivity contribution in [2.45, 2.75) is 84.5 Å². The standard InChI is InChI=1S/C19H40N2/c1-3-5-7-9-10-11-12-14-17-21-19-15-18-20-16-13-8-6-4-2/h9-10,20-21H,3-8,11-19H2,1-2H3/b10-9+. The normalized spacial score (nSPS) is 11.5. The van der Waals surface area contributed by atoms with Crippen molar-refractivity contribution >= 4 is 0 Å². The fraction of sp³-hybridized carbons (Fsp3) is 0.895. The first-order valence-electron chi connectivity index (χ1n) is 9.48. The van der Waals surface area contributed by atoms with Gasteiger partial charge in [0.15, 0.2) is 0 Å². The van der Waals surface area contributed by atoms with Crippen LogP contribution in [-0.4, -0.2) is 26.2 Å². The summed E-state index contributed by atoms with van der Waals surface area (Å²) >= 11 is 0. The molecule has 0 saturated carbocycles. The number of unbranched alkanes of at least 4 members (excludes halogenated alkanes) is 7. The maximum atomic E-state index is 3.54. The summed E-state index contributed by atoms with van der Waals surface area (Å²) in [5.41, 5.74) is 0. The molecule has 2 N–H and O–H groups in total. The van der Waals surface area contributed by atoms with Crippen molar-refractivity contribution in [1.29, 1.82) is 0 Å². The average molecular weight is 297 g/mol. The molecule has 2 heteroatoms. The molecule has 0 aliphatic rings. The fourth-order valence-corrected chi connectivity index (χ4v) is 2.34. The van der Waals surface area contributed by atoms with Gasteiger partial charge in [0.1, 0.15) is 0 Å². The van der Waals surface area contributed by atoms with E-state index in [1.54, 1.807) is 0 Å². The monoisotopic (exact) mass is 296 g/mol. The van der Waals surface area contributed by atoms with Gasteiger partial charge in [-0.3, -0.25) is 0 Å². The van der Waals surface area contributed by atoms with E-state index in [1.165, 1.54) is 90.3 Å². The Kier molecular flexibility index (Phi) is 19.3. The summed E-state index contributed by atoms with van der Waals surface area (Å²) in [7, 11) is 0. The first kappa shape index (κ1) is 20.7. The van der Waals surface area contributed by atoms with E-state index in [2.05, 4.69) is 36.6 Å². The SMILES string of the molecule is CCCC/C=C/CCCCNCCCNCCCCCC. The molecule has 0 saturated heterocycles. The summed E-state index contributed by atoms with van der Waals surface area (Å²) in [5, 5.41) is 7.07. The van der Waals surface area contributed by atoms with E-state index in [0.717, 1.165) is 6.54 Å². The molecular formula is C19H40N2. The van der Waals surface area contributed by atoms with Crippen LogP contribution in [0.25, 0.3) is 0 Å². The van der Waals surface area contributed by atoms with Gasteiger partial charge < -0.3 is 10.6 Å². The molecule has 2 nitrogen and oxygen atoms in total. The van der Waals surface area contributed by atoms with Crippen LogP contribution in [0.15, 0.2) is 12.2 Å². The van der Waals surface area contributed by atoms with E-state index >= 15 is 0 Å². The highest BCUT2D eigenvalue weighted by Gasteiger charge is 1.91. The van der Waals surface area contributed by atoms with E-state index in [0.29, 0.717) is 0 Å². The number of nitrogens with one attached hydrogen (secondary N) is 2. The zero-order valence-corrected chi connectivity index (χ0v) is 14.8. The molecule has 0 bridgehead atoms. The van der Waals surface area contributed by atoms with Crippen molar-refractivity contribution in [3.05, 3.63) is 12.2 Å². The number of allylic oxidation sites excluding steroid dienone is 2. The third kappa shape index (κ3) is 19.7. The molecular weight excluding hydrogens is 256 g/mol. The lowest BCUT2D eigenvalue weighted by Crippen LogP contribution is -2.23. The number of rotatable bonds is 17. The van der Waals surface area contributed by atoms with Gasteiger partial charge in [-0.25, -0.2) is 0 Å². The smallest absolute Gasteiger partial charge is 0.00368 e. The Morgan fingerprint density at radius 1 is 0.524 bits per heavy atom. The zero-order chi connectivity index (χ0) is 15.4. The molecule has 0 aromatic heterocycles. The minimum atomic E-state index is 1.16. The Bertz CT molecular complexity index is 202. The van der Waals surface area contributed by atoms with Gasteiger partial charge in [0.25, 0.3) is 0 Å². The van der Waals surface area contributed by atoms with Gasteiger partial charge in [-0.1, -0.05) is 58.1 Å². The third-order valence-electron chi connectivity index (χ3n) is 3.78. The predicted molar refractivity (Wildman–Crippen MR) is 97.0 cm³/mol. The van der Waals surface area contributed by atoms with E-state index in [-0.39, 0.29) is 0 Å².